The van der Waals surface area contributed by atoms with E-state index in [1.807, 2.05) is 28.5 Å². The molecule has 1 aromatic carbocycles. The fourth-order valence-corrected chi connectivity index (χ4v) is 5.55. The first-order chi connectivity index (χ1) is 15.1. The van der Waals surface area contributed by atoms with Crippen molar-refractivity contribution < 1.29 is 14.3 Å². The second-order valence-electron chi connectivity index (χ2n) is 8.22. The van der Waals surface area contributed by atoms with E-state index >= 15 is 0 Å². The minimum absolute atomic E-state index is 0.246. The summed E-state index contributed by atoms with van der Waals surface area (Å²) in [5.41, 5.74) is 1.07. The second kappa shape index (κ2) is 10.8. The van der Waals surface area contributed by atoms with Gasteiger partial charge in [0, 0.05) is 54.7 Å². The number of nitrogens with zero attached hydrogens (tertiary/aromatic N) is 3. The number of halogens is 1. The Morgan fingerprint density at radius 2 is 1.97 bits per heavy atom. The number of amides is 1. The number of aryl methyl sites for hydroxylation is 1. The summed E-state index contributed by atoms with van der Waals surface area (Å²) in [6.45, 7) is 3.85. The Kier molecular flexibility index (Phi) is 7.85. The van der Waals surface area contributed by atoms with E-state index in [1.54, 1.807) is 24.6 Å². The highest BCUT2D eigenvalue weighted by molar-refractivity contribution is 9.10. The van der Waals surface area contributed by atoms with Crippen LogP contribution in [0, 0.1) is 0 Å². The summed E-state index contributed by atoms with van der Waals surface area (Å²) >= 11 is 5.07. The highest BCUT2D eigenvalue weighted by Gasteiger charge is 2.30. The van der Waals surface area contributed by atoms with Crippen LogP contribution in [0.4, 0.5) is 0 Å². The number of carbonyl (C=O) groups excluding carboxylic acids is 1. The molecule has 0 atom stereocenters. The molecule has 0 unspecified atom stereocenters. The zero-order valence-corrected chi connectivity index (χ0v) is 20.4. The molecule has 2 aliphatic rings. The molecule has 1 aromatic heterocycles. The molecule has 0 saturated carbocycles. The molecule has 8 heteroatoms. The summed E-state index contributed by atoms with van der Waals surface area (Å²) < 4.78 is 12.4. The summed E-state index contributed by atoms with van der Waals surface area (Å²) in [4.78, 5) is 21.6. The van der Waals surface area contributed by atoms with E-state index in [0.717, 1.165) is 72.8 Å². The number of thiazole rings is 1. The monoisotopic (exact) mass is 507 g/mol. The predicted molar refractivity (Wildman–Crippen MR) is 126 cm³/mol. The molecule has 3 heterocycles. The average molecular weight is 508 g/mol. The number of rotatable bonds is 7. The van der Waals surface area contributed by atoms with Gasteiger partial charge in [-0.05, 0) is 55.9 Å². The lowest BCUT2D eigenvalue weighted by atomic mass is 9.98. The molecule has 1 amide bonds. The van der Waals surface area contributed by atoms with Crippen LogP contribution in [0.15, 0.2) is 34.2 Å². The smallest absolute Gasteiger partial charge is 0.273 e. The van der Waals surface area contributed by atoms with E-state index < -0.39 is 0 Å². The lowest BCUT2D eigenvalue weighted by Crippen LogP contribution is -2.50. The molecule has 0 radical (unpaired) electrons. The lowest BCUT2D eigenvalue weighted by Gasteiger charge is -2.41. The highest BCUT2D eigenvalue weighted by Crippen LogP contribution is 2.27. The van der Waals surface area contributed by atoms with Crippen molar-refractivity contribution in [3.63, 3.8) is 0 Å². The van der Waals surface area contributed by atoms with Crippen molar-refractivity contribution in [1.82, 2.24) is 14.8 Å². The Labute approximate surface area is 196 Å². The van der Waals surface area contributed by atoms with Gasteiger partial charge in [-0.15, -0.1) is 0 Å². The van der Waals surface area contributed by atoms with E-state index in [-0.39, 0.29) is 12.0 Å². The van der Waals surface area contributed by atoms with Crippen molar-refractivity contribution in [2.75, 3.05) is 33.3 Å². The third kappa shape index (κ3) is 5.99. The van der Waals surface area contributed by atoms with Gasteiger partial charge < -0.3 is 14.4 Å². The fourth-order valence-electron chi connectivity index (χ4n) is 4.59. The van der Waals surface area contributed by atoms with Crippen LogP contribution in [0.2, 0.25) is 0 Å². The molecular weight excluding hydrogens is 478 g/mol. The van der Waals surface area contributed by atoms with Crippen LogP contribution in [0.1, 0.15) is 37.7 Å². The molecule has 2 saturated heterocycles. The maximum Gasteiger partial charge on any atom is 0.273 e. The Bertz CT molecular complexity index is 848. The number of piperidine rings is 2. The number of hydrogen-bond acceptors (Lipinski definition) is 6. The summed E-state index contributed by atoms with van der Waals surface area (Å²) in [5.74, 6) is 1.09. The largest absolute Gasteiger partial charge is 0.496 e. The van der Waals surface area contributed by atoms with Crippen LogP contribution in [0.25, 0.3) is 0 Å². The van der Waals surface area contributed by atoms with Gasteiger partial charge >= 0.3 is 0 Å². The highest BCUT2D eigenvalue weighted by atomic mass is 79.9. The van der Waals surface area contributed by atoms with Crippen molar-refractivity contribution in [3.8, 4) is 10.9 Å². The van der Waals surface area contributed by atoms with Crippen molar-refractivity contribution in [3.05, 3.63) is 39.8 Å². The number of methoxy groups -OCH3 is 1. The van der Waals surface area contributed by atoms with E-state index in [4.69, 9.17) is 9.47 Å². The first-order valence-electron chi connectivity index (χ1n) is 11.0. The zero-order chi connectivity index (χ0) is 21.6. The lowest BCUT2D eigenvalue weighted by molar-refractivity contribution is -0.132. The number of ether oxygens (including phenoxy) is 2. The summed E-state index contributed by atoms with van der Waals surface area (Å²) in [6.07, 6.45) is 7.51. The van der Waals surface area contributed by atoms with E-state index in [1.165, 1.54) is 0 Å². The van der Waals surface area contributed by atoms with Gasteiger partial charge in [0.1, 0.15) is 11.9 Å². The Balaban J connectivity index is 1.19. The molecule has 0 spiro atoms. The summed E-state index contributed by atoms with van der Waals surface area (Å²) in [5, 5.41) is 2.74. The third-order valence-electron chi connectivity index (χ3n) is 6.34. The molecule has 2 fully saturated rings. The number of hydrogen-bond donors (Lipinski definition) is 0. The van der Waals surface area contributed by atoms with Gasteiger partial charge in [-0.1, -0.05) is 27.3 Å². The standard InChI is InChI=1S/C23H30BrN3O3S/c1-29-21-4-3-18(24)16-17(21)2-5-22(28)27-11-6-19(7-12-27)26-13-8-20(9-14-26)30-23-25-10-15-31-23/h3-4,10,15-16,19-20H,2,5-9,11-14H2,1H3. The van der Waals surface area contributed by atoms with E-state index in [0.29, 0.717) is 18.9 Å². The van der Waals surface area contributed by atoms with Crippen LogP contribution < -0.4 is 9.47 Å². The molecule has 2 aliphatic heterocycles. The molecule has 2 aromatic rings. The normalized spacial score (nSPS) is 18.8. The summed E-state index contributed by atoms with van der Waals surface area (Å²) in [6, 6.07) is 6.53. The minimum Gasteiger partial charge on any atom is -0.496 e. The fraction of sp³-hybridized carbons (Fsp3) is 0.565. The van der Waals surface area contributed by atoms with E-state index in [2.05, 4.69) is 25.8 Å². The molecule has 0 aliphatic carbocycles. The van der Waals surface area contributed by atoms with Crippen LogP contribution >= 0.6 is 27.3 Å². The number of aromatic nitrogens is 1. The van der Waals surface area contributed by atoms with Crippen molar-refractivity contribution in [2.45, 2.75) is 50.7 Å². The second-order valence-corrected chi connectivity index (χ2v) is 9.99. The molecule has 6 nitrogen and oxygen atoms in total. The molecule has 31 heavy (non-hydrogen) atoms. The predicted octanol–water partition coefficient (Wildman–Crippen LogP) is 4.38. The van der Waals surface area contributed by atoms with Gasteiger partial charge in [-0.3, -0.25) is 9.69 Å². The molecule has 168 valence electrons. The van der Waals surface area contributed by atoms with Crippen molar-refractivity contribution >= 4 is 33.2 Å². The first-order valence-corrected chi connectivity index (χ1v) is 12.7. The Morgan fingerprint density at radius 3 is 2.65 bits per heavy atom. The molecule has 4 rings (SSSR count). The van der Waals surface area contributed by atoms with Gasteiger partial charge in [-0.2, -0.15) is 0 Å². The van der Waals surface area contributed by atoms with Crippen LogP contribution in [0.3, 0.4) is 0 Å². The quantitative estimate of drug-likeness (QED) is 0.556. The van der Waals surface area contributed by atoms with E-state index in [9.17, 15) is 4.79 Å². The van der Waals surface area contributed by atoms with Gasteiger partial charge in [0.15, 0.2) is 0 Å². The topological polar surface area (TPSA) is 54.9 Å². The third-order valence-corrected chi connectivity index (χ3v) is 7.49. The van der Waals surface area contributed by atoms with Crippen LogP contribution in [0.5, 0.6) is 10.9 Å². The van der Waals surface area contributed by atoms with Gasteiger partial charge in [0.25, 0.3) is 5.19 Å². The maximum absolute atomic E-state index is 12.8. The van der Waals surface area contributed by atoms with Crippen LogP contribution in [-0.2, 0) is 11.2 Å². The number of likely N-dealkylation sites (tertiary alicyclic amines) is 2. The molecule has 0 N–H and O–H groups in total. The molecule has 0 bridgehead atoms. The van der Waals surface area contributed by atoms with Gasteiger partial charge in [0.05, 0.1) is 7.11 Å². The Morgan fingerprint density at radius 1 is 1.19 bits per heavy atom. The number of benzene rings is 1. The molecular formula is C23H30BrN3O3S. The SMILES string of the molecule is COc1ccc(Br)cc1CCC(=O)N1CCC(N2CCC(Oc3nccs3)CC2)CC1. The Hall–Kier alpha value is -1.64. The van der Waals surface area contributed by atoms with Crippen molar-refractivity contribution in [1.29, 1.82) is 0 Å². The maximum atomic E-state index is 12.8. The number of carbonyl (C=O) groups is 1. The minimum atomic E-state index is 0.246. The summed E-state index contributed by atoms with van der Waals surface area (Å²) in [7, 11) is 1.67. The zero-order valence-electron chi connectivity index (χ0n) is 18.0. The van der Waals surface area contributed by atoms with Gasteiger partial charge in [0.2, 0.25) is 5.91 Å². The van der Waals surface area contributed by atoms with Crippen LogP contribution in [-0.4, -0.2) is 66.1 Å². The first kappa shape index (κ1) is 22.6. The van der Waals surface area contributed by atoms with Crippen molar-refractivity contribution in [2.24, 2.45) is 0 Å². The average Bonchev–Trinajstić information content (AvgIpc) is 3.31. The van der Waals surface area contributed by atoms with Gasteiger partial charge in [-0.25, -0.2) is 4.98 Å².